The Labute approximate surface area is 373 Å². The number of nitrogens with zero attached hydrogens (tertiary/aromatic N) is 4. The van der Waals surface area contributed by atoms with Crippen LogP contribution in [0.5, 0.6) is 0 Å². The molecule has 5 N–H and O–H groups in total. The lowest BCUT2D eigenvalue weighted by atomic mass is 9.98. The van der Waals surface area contributed by atoms with Crippen LogP contribution in [0.1, 0.15) is 72.6 Å². The average Bonchev–Trinajstić information content (AvgIpc) is 4.18. The van der Waals surface area contributed by atoms with Crippen LogP contribution in [0.4, 0.5) is 9.59 Å². The number of rotatable bonds is 10. The minimum absolute atomic E-state index is 0.214. The topological polar surface area (TPSA) is 186 Å². The number of aromatic nitrogens is 4. The molecule has 2 aliphatic rings. The fraction of sp³-hybridized carbons (Fsp3) is 0.216. The Kier molecular flexibility index (Phi) is 10.9. The highest BCUT2D eigenvalue weighted by molar-refractivity contribution is 6.05. The zero-order chi connectivity index (χ0) is 44.6. The van der Waals surface area contributed by atoms with Crippen LogP contribution < -0.4 is 10.6 Å². The third-order valence-electron chi connectivity index (χ3n) is 12.7. The van der Waals surface area contributed by atoms with Crippen LogP contribution >= 0.6 is 0 Å². The van der Waals surface area contributed by atoms with Gasteiger partial charge in [-0.15, -0.1) is 0 Å². The molecule has 2 aliphatic heterocycles. The molecule has 10 rings (SSSR count). The number of benzene rings is 6. The molecule has 4 atom stereocenters. The van der Waals surface area contributed by atoms with Crippen LogP contribution in [0.15, 0.2) is 133 Å². The number of likely N-dealkylation sites (tertiary alicyclic amines) is 2. The van der Waals surface area contributed by atoms with Gasteiger partial charge in [-0.1, -0.05) is 109 Å². The monoisotopic (exact) mass is 866 g/mol. The van der Waals surface area contributed by atoms with Gasteiger partial charge in [-0.25, -0.2) is 19.6 Å². The predicted molar refractivity (Wildman–Crippen MR) is 247 cm³/mol. The Morgan fingerprint density at radius 2 is 1.17 bits per heavy atom. The van der Waals surface area contributed by atoms with Crippen LogP contribution in [0, 0.1) is 0 Å². The second-order valence-corrected chi connectivity index (χ2v) is 16.6. The number of hydrogen-bond donors (Lipinski definition) is 5. The van der Waals surface area contributed by atoms with Crippen LogP contribution in [-0.2, 0) is 14.3 Å². The molecule has 0 unspecified atom stereocenters. The standard InChI is InChI=1S/C51H46N8O6/c1-65-51(64)57-44(33-12-6-3-7-13-33)49(61)58-26-8-14-41(58)46-52-38-24-21-35(29-40(38)54-46)31-18-16-30(17-19-31)34-20-23-37-36(28-34)22-25-39-45(37)55-47(53-39)42-15-9-27-59(42)48(60)43(56-50(62)63)32-10-4-2-5-11-32/h2-7,10-13,16-25,28-29,41-44,56H,8-9,14-15,26-27H2,1H3,(H,52,54)(H,53,55)(H,57,64)(H,62,63)/t41-,42-,43+,44+/m0/s1. The average molecular weight is 867 g/mol. The summed E-state index contributed by atoms with van der Waals surface area (Å²) in [6, 6.07) is 40.6. The summed E-state index contributed by atoms with van der Waals surface area (Å²) in [4.78, 5) is 72.4. The van der Waals surface area contributed by atoms with E-state index in [1.54, 1.807) is 34.1 Å². The molecule has 65 heavy (non-hydrogen) atoms. The van der Waals surface area contributed by atoms with Crippen molar-refractivity contribution in [2.75, 3.05) is 20.2 Å². The molecule has 0 saturated carbocycles. The highest BCUT2D eigenvalue weighted by atomic mass is 16.5. The van der Waals surface area contributed by atoms with Crippen LogP contribution in [0.3, 0.4) is 0 Å². The Balaban J connectivity index is 0.860. The first-order chi connectivity index (χ1) is 31.7. The SMILES string of the molecule is COC(=O)N[C@@H](C(=O)N1CCC[C@H]1c1nc2cc(-c3ccc(-c4ccc5c(ccc6nc([C@@H]7CCCN7C(=O)[C@H](NC(=O)O)c7ccccc7)[nH]c65)c4)cc3)ccc2[nH]1)c1ccccc1. The summed E-state index contributed by atoms with van der Waals surface area (Å²) >= 11 is 0. The van der Waals surface area contributed by atoms with Gasteiger partial charge < -0.3 is 40.2 Å². The largest absolute Gasteiger partial charge is 0.465 e. The van der Waals surface area contributed by atoms with Gasteiger partial charge in [0.15, 0.2) is 0 Å². The number of methoxy groups -OCH3 is 1. The molecule has 0 aliphatic carbocycles. The molecule has 6 aromatic carbocycles. The Hall–Kier alpha value is -8.00. The van der Waals surface area contributed by atoms with Crippen molar-refractivity contribution in [3.63, 3.8) is 0 Å². The van der Waals surface area contributed by atoms with E-state index in [2.05, 4.69) is 81.3 Å². The number of ether oxygens (including phenoxy) is 1. The Morgan fingerprint density at radius 1 is 0.631 bits per heavy atom. The number of carbonyl (C=O) groups excluding carboxylic acids is 3. The highest BCUT2D eigenvalue weighted by Crippen LogP contribution is 2.38. The molecule has 4 heterocycles. The molecule has 2 fully saturated rings. The minimum atomic E-state index is -1.26. The van der Waals surface area contributed by atoms with Crippen molar-refractivity contribution >= 4 is 56.8 Å². The zero-order valence-electron chi connectivity index (χ0n) is 35.5. The smallest absolute Gasteiger partial charge is 0.407 e. The number of hydrogen-bond acceptors (Lipinski definition) is 7. The number of aromatic amines is 2. The molecule has 326 valence electrons. The molecule has 2 aromatic heterocycles. The van der Waals surface area contributed by atoms with Gasteiger partial charge >= 0.3 is 12.2 Å². The van der Waals surface area contributed by atoms with Crippen LogP contribution in [-0.4, -0.2) is 79.0 Å². The highest BCUT2D eigenvalue weighted by Gasteiger charge is 2.38. The summed E-state index contributed by atoms with van der Waals surface area (Å²) in [5.41, 5.74) is 8.81. The van der Waals surface area contributed by atoms with Gasteiger partial charge in [0.05, 0.1) is 41.3 Å². The normalized spacial score (nSPS) is 17.1. The molecule has 0 bridgehead atoms. The van der Waals surface area contributed by atoms with Gasteiger partial charge in [0.1, 0.15) is 23.7 Å². The summed E-state index contributed by atoms with van der Waals surface area (Å²) in [6.45, 7) is 1.05. The third-order valence-corrected chi connectivity index (χ3v) is 12.7. The van der Waals surface area contributed by atoms with Crippen LogP contribution in [0.2, 0.25) is 0 Å². The first-order valence-corrected chi connectivity index (χ1v) is 21.8. The van der Waals surface area contributed by atoms with Gasteiger partial charge in [-0.2, -0.15) is 0 Å². The number of nitrogens with one attached hydrogen (secondary N) is 4. The van der Waals surface area contributed by atoms with E-state index in [4.69, 9.17) is 14.7 Å². The number of amides is 4. The number of imidazole rings is 2. The van der Waals surface area contributed by atoms with Gasteiger partial charge in [0.25, 0.3) is 11.8 Å². The molecule has 0 spiro atoms. The van der Waals surface area contributed by atoms with Crippen molar-refractivity contribution in [2.45, 2.75) is 49.9 Å². The molecular weight excluding hydrogens is 821 g/mol. The number of carboxylic acid groups (broad SMARTS) is 1. The van der Waals surface area contributed by atoms with Crippen molar-refractivity contribution in [3.8, 4) is 22.3 Å². The lowest BCUT2D eigenvalue weighted by Crippen LogP contribution is -2.42. The van der Waals surface area contributed by atoms with Crippen molar-refractivity contribution in [3.05, 3.63) is 156 Å². The minimum Gasteiger partial charge on any atom is -0.465 e. The molecule has 8 aromatic rings. The van der Waals surface area contributed by atoms with Crippen LogP contribution in [0.25, 0.3) is 55.1 Å². The third kappa shape index (κ3) is 7.99. The summed E-state index contributed by atoms with van der Waals surface area (Å²) in [5.74, 6) is 0.876. The first-order valence-electron chi connectivity index (χ1n) is 21.8. The number of carbonyl (C=O) groups is 4. The van der Waals surface area contributed by atoms with E-state index in [-0.39, 0.29) is 23.9 Å². The number of H-pyrrole nitrogens is 2. The Bertz CT molecular complexity index is 3080. The summed E-state index contributed by atoms with van der Waals surface area (Å²) in [5, 5.41) is 16.8. The van der Waals surface area contributed by atoms with E-state index in [0.29, 0.717) is 42.3 Å². The van der Waals surface area contributed by atoms with E-state index in [9.17, 15) is 24.3 Å². The van der Waals surface area contributed by atoms with Crippen molar-refractivity contribution in [1.82, 2.24) is 40.4 Å². The van der Waals surface area contributed by atoms with Crippen molar-refractivity contribution < 1.29 is 29.0 Å². The molecule has 14 heteroatoms. The second kappa shape index (κ2) is 17.3. The van der Waals surface area contributed by atoms with Gasteiger partial charge in [-0.3, -0.25) is 9.59 Å². The fourth-order valence-electron chi connectivity index (χ4n) is 9.51. The molecule has 14 nitrogen and oxygen atoms in total. The van der Waals surface area contributed by atoms with Crippen molar-refractivity contribution in [2.24, 2.45) is 0 Å². The maximum Gasteiger partial charge on any atom is 0.407 e. The summed E-state index contributed by atoms with van der Waals surface area (Å²) in [7, 11) is 1.28. The number of alkyl carbamates (subject to hydrolysis) is 1. The van der Waals surface area contributed by atoms with Crippen molar-refractivity contribution in [1.29, 1.82) is 0 Å². The summed E-state index contributed by atoms with van der Waals surface area (Å²) < 4.78 is 4.85. The van der Waals surface area contributed by atoms with Gasteiger partial charge in [0.2, 0.25) is 0 Å². The van der Waals surface area contributed by atoms with E-state index < -0.39 is 24.3 Å². The maximum atomic E-state index is 14.0. The van der Waals surface area contributed by atoms with E-state index in [0.717, 1.165) is 74.4 Å². The predicted octanol–water partition coefficient (Wildman–Crippen LogP) is 9.36. The molecule has 2 saturated heterocycles. The first kappa shape index (κ1) is 41.0. The molecular formula is C51H46N8O6. The van der Waals surface area contributed by atoms with Gasteiger partial charge in [-0.05, 0) is 88.7 Å². The van der Waals surface area contributed by atoms with Gasteiger partial charge in [0, 0.05) is 18.5 Å². The van der Waals surface area contributed by atoms with E-state index >= 15 is 0 Å². The number of fused-ring (bicyclic) bond motifs is 4. The molecule has 0 radical (unpaired) electrons. The Morgan fingerprint density at radius 3 is 1.77 bits per heavy atom. The molecule has 4 amide bonds. The maximum absolute atomic E-state index is 14.0. The lowest BCUT2D eigenvalue weighted by molar-refractivity contribution is -0.135. The van der Waals surface area contributed by atoms with E-state index in [1.165, 1.54) is 7.11 Å². The van der Waals surface area contributed by atoms with E-state index in [1.807, 2.05) is 48.5 Å². The summed E-state index contributed by atoms with van der Waals surface area (Å²) in [6.07, 6.45) is 1.12. The quantitative estimate of drug-likeness (QED) is 0.0900. The second-order valence-electron chi connectivity index (χ2n) is 16.6. The fourth-order valence-corrected chi connectivity index (χ4v) is 9.51. The zero-order valence-corrected chi connectivity index (χ0v) is 35.5. The lowest BCUT2D eigenvalue weighted by Gasteiger charge is -2.28.